The molecule has 0 aliphatic rings. The van der Waals surface area contributed by atoms with Crippen molar-refractivity contribution in [3.63, 3.8) is 0 Å². The number of fused-ring (bicyclic) bond motifs is 5. The molecular weight excluding hydrogens is 556 g/mol. The van der Waals surface area contributed by atoms with Gasteiger partial charge in [0.25, 0.3) is 0 Å². The van der Waals surface area contributed by atoms with E-state index in [1.54, 1.807) is 0 Å². The predicted molar refractivity (Wildman–Crippen MR) is 199 cm³/mol. The first kappa shape index (κ1) is 28.9. The minimum atomic E-state index is 0.669. The smallest absolute Gasteiger partial charge is 0.0619 e. The van der Waals surface area contributed by atoms with Crippen LogP contribution in [0.4, 0.5) is 0 Å². The van der Waals surface area contributed by atoms with E-state index in [1.165, 1.54) is 54.8 Å². The molecule has 7 aromatic rings. The fourth-order valence-electron chi connectivity index (χ4n) is 6.36. The molecule has 0 aliphatic heterocycles. The highest BCUT2D eigenvalue weighted by Gasteiger charge is 2.16. The quantitative estimate of drug-likeness (QED) is 0.175. The highest BCUT2D eigenvalue weighted by atomic mass is 15.0. The van der Waals surface area contributed by atoms with Gasteiger partial charge in [-0.2, -0.15) is 0 Å². The summed E-state index contributed by atoms with van der Waals surface area (Å²) in [7, 11) is 0. The zero-order valence-corrected chi connectivity index (χ0v) is 26.0. The molecular formula is C44H36N2. The lowest BCUT2D eigenvalue weighted by Gasteiger charge is -2.12. The normalized spacial score (nSPS) is 12.5. The van der Waals surface area contributed by atoms with Crippen LogP contribution in [0.5, 0.6) is 0 Å². The third kappa shape index (κ3) is 5.46. The van der Waals surface area contributed by atoms with Crippen LogP contribution in [0.25, 0.3) is 66.1 Å². The van der Waals surface area contributed by atoms with Gasteiger partial charge in [0, 0.05) is 34.0 Å². The van der Waals surface area contributed by atoms with E-state index >= 15 is 0 Å². The summed E-state index contributed by atoms with van der Waals surface area (Å²) in [6, 6.07) is 48.2. The van der Waals surface area contributed by atoms with Crippen LogP contribution in [0.2, 0.25) is 0 Å². The van der Waals surface area contributed by atoms with E-state index in [-0.39, 0.29) is 0 Å². The Hall–Kier alpha value is -5.86. The summed E-state index contributed by atoms with van der Waals surface area (Å²) >= 11 is 0. The Balaban J connectivity index is 1.37. The van der Waals surface area contributed by atoms with Crippen molar-refractivity contribution in [1.82, 2.24) is 4.57 Å². The van der Waals surface area contributed by atoms with Crippen LogP contribution in [-0.2, 0) is 0 Å². The Morgan fingerprint density at radius 2 is 1.30 bits per heavy atom. The second kappa shape index (κ2) is 12.6. The molecule has 2 N–H and O–H groups in total. The van der Waals surface area contributed by atoms with E-state index in [4.69, 9.17) is 5.73 Å². The molecule has 46 heavy (non-hydrogen) atoms. The summed E-state index contributed by atoms with van der Waals surface area (Å²) in [5, 5.41) is 4.88. The first-order chi connectivity index (χ1) is 22.6. The summed E-state index contributed by atoms with van der Waals surface area (Å²) in [6.45, 7) is 6.08. The molecule has 0 saturated heterocycles. The van der Waals surface area contributed by atoms with E-state index in [0.717, 1.165) is 22.5 Å². The van der Waals surface area contributed by atoms with Crippen molar-refractivity contribution >= 4 is 38.2 Å². The Morgan fingerprint density at radius 1 is 0.674 bits per heavy atom. The van der Waals surface area contributed by atoms with E-state index < -0.39 is 0 Å². The van der Waals surface area contributed by atoms with E-state index in [9.17, 15) is 0 Å². The molecule has 0 atom stereocenters. The molecule has 0 aliphatic carbocycles. The zero-order chi connectivity index (χ0) is 31.5. The third-order valence-electron chi connectivity index (χ3n) is 8.70. The Morgan fingerprint density at radius 3 is 2.02 bits per heavy atom. The molecule has 0 spiro atoms. The van der Waals surface area contributed by atoms with Crippen molar-refractivity contribution in [2.24, 2.45) is 5.73 Å². The molecule has 6 aromatic carbocycles. The molecule has 222 valence electrons. The van der Waals surface area contributed by atoms with Crippen molar-refractivity contribution in [3.8, 4) is 27.9 Å². The number of hydrogen-bond acceptors (Lipinski definition) is 1. The number of hydrogen-bond donors (Lipinski definition) is 1. The zero-order valence-electron chi connectivity index (χ0n) is 26.0. The van der Waals surface area contributed by atoms with Crippen molar-refractivity contribution < 1.29 is 0 Å². The van der Waals surface area contributed by atoms with Gasteiger partial charge in [0.15, 0.2) is 0 Å². The van der Waals surface area contributed by atoms with Crippen LogP contribution in [0.15, 0.2) is 176 Å². The minimum absolute atomic E-state index is 0.669. The number of nitrogens with zero attached hydrogens (tertiary/aromatic N) is 1. The van der Waals surface area contributed by atoms with Gasteiger partial charge >= 0.3 is 0 Å². The molecule has 0 unspecified atom stereocenters. The average molecular weight is 593 g/mol. The number of benzene rings is 6. The molecule has 0 fully saturated rings. The minimum Gasteiger partial charge on any atom is -0.402 e. The Kier molecular flexibility index (Phi) is 7.93. The maximum absolute atomic E-state index is 6.21. The van der Waals surface area contributed by atoms with Crippen LogP contribution >= 0.6 is 0 Å². The fourth-order valence-corrected chi connectivity index (χ4v) is 6.36. The summed E-state index contributed by atoms with van der Waals surface area (Å²) in [4.78, 5) is 0. The van der Waals surface area contributed by atoms with Gasteiger partial charge < -0.3 is 10.3 Å². The summed E-state index contributed by atoms with van der Waals surface area (Å²) in [6.07, 6.45) is 10.6. The van der Waals surface area contributed by atoms with Crippen molar-refractivity contribution in [2.45, 2.75) is 13.3 Å². The van der Waals surface area contributed by atoms with Crippen molar-refractivity contribution in [1.29, 1.82) is 0 Å². The monoisotopic (exact) mass is 592 g/mol. The predicted octanol–water partition coefficient (Wildman–Crippen LogP) is 11.6. The second-order valence-corrected chi connectivity index (χ2v) is 11.6. The summed E-state index contributed by atoms with van der Waals surface area (Å²) in [5.41, 5.74) is 17.6. The maximum Gasteiger partial charge on any atom is 0.0619 e. The highest BCUT2D eigenvalue weighted by molar-refractivity contribution is 6.19. The van der Waals surface area contributed by atoms with E-state index in [0.29, 0.717) is 6.42 Å². The largest absolute Gasteiger partial charge is 0.402 e. The molecule has 7 rings (SSSR count). The second-order valence-electron chi connectivity index (χ2n) is 11.6. The van der Waals surface area contributed by atoms with Gasteiger partial charge in [-0.05, 0) is 76.0 Å². The topological polar surface area (TPSA) is 30.9 Å². The number of rotatable bonds is 8. The molecule has 0 saturated carbocycles. The highest BCUT2D eigenvalue weighted by Crippen LogP contribution is 2.39. The molecule has 1 heterocycles. The average Bonchev–Trinajstić information content (AvgIpc) is 3.45. The number of para-hydroxylation sites is 1. The van der Waals surface area contributed by atoms with Crippen LogP contribution in [0, 0.1) is 0 Å². The van der Waals surface area contributed by atoms with Crippen LogP contribution in [0.3, 0.4) is 0 Å². The fraction of sp³-hybridized carbons (Fsp3) is 0.0455. The van der Waals surface area contributed by atoms with Gasteiger partial charge in [0.05, 0.1) is 11.0 Å². The van der Waals surface area contributed by atoms with Gasteiger partial charge in [-0.1, -0.05) is 140 Å². The number of allylic oxidation sites excluding steroid dienone is 6. The van der Waals surface area contributed by atoms with Crippen LogP contribution < -0.4 is 5.73 Å². The molecule has 2 nitrogen and oxygen atoms in total. The van der Waals surface area contributed by atoms with Crippen molar-refractivity contribution in [3.05, 3.63) is 182 Å². The van der Waals surface area contributed by atoms with Gasteiger partial charge in [-0.15, -0.1) is 0 Å². The molecule has 0 radical (unpaired) electrons. The van der Waals surface area contributed by atoms with Crippen LogP contribution in [0.1, 0.15) is 18.9 Å². The van der Waals surface area contributed by atoms with Gasteiger partial charge in [0.1, 0.15) is 0 Å². The lowest BCUT2D eigenvalue weighted by atomic mass is 9.98. The maximum atomic E-state index is 6.21. The van der Waals surface area contributed by atoms with Gasteiger partial charge in [-0.3, -0.25) is 0 Å². The number of aromatic nitrogens is 1. The summed E-state index contributed by atoms with van der Waals surface area (Å²) < 4.78 is 2.42. The van der Waals surface area contributed by atoms with E-state index in [2.05, 4.69) is 151 Å². The van der Waals surface area contributed by atoms with Crippen LogP contribution in [-0.4, -0.2) is 4.57 Å². The first-order valence-corrected chi connectivity index (χ1v) is 15.8. The lowest BCUT2D eigenvalue weighted by Crippen LogP contribution is -1.95. The van der Waals surface area contributed by atoms with Crippen molar-refractivity contribution in [2.75, 3.05) is 0 Å². The number of nitrogens with two attached hydrogens (primary N) is 1. The van der Waals surface area contributed by atoms with Gasteiger partial charge in [-0.25, -0.2) is 0 Å². The lowest BCUT2D eigenvalue weighted by molar-refractivity contribution is 1.17. The molecule has 2 heteroatoms. The standard InChI is InChI=1S/C44H36N2/c1-3-5-14-38(45)25-21-31(4-2)35-22-26-40-37(29-35)24-28-42-41-27-23-36(30-43(41)46(44(40)42)39-15-10-7-11-16-39)34-19-17-33(18-20-34)32-12-8-6-9-13-32/h3-24,26-30H,2,25,45H2,1H3/b5-3-,31-21+,38-14-. The molecule has 0 amide bonds. The SMILES string of the molecule is C=C/C(=C\C/C(N)=C/C=C\C)c1ccc2c(ccc3c4ccc(-c5ccc(-c6ccccc6)cc5)cc4n(-c4ccccc4)c23)c1. The molecule has 0 bridgehead atoms. The first-order valence-electron chi connectivity index (χ1n) is 15.8. The third-order valence-corrected chi connectivity index (χ3v) is 8.70. The molecule has 1 aromatic heterocycles. The van der Waals surface area contributed by atoms with Gasteiger partial charge in [0.2, 0.25) is 0 Å². The van der Waals surface area contributed by atoms with E-state index in [1.807, 2.05) is 31.2 Å². The Bertz CT molecular complexity index is 2280. The Labute approximate surface area is 270 Å². The summed E-state index contributed by atoms with van der Waals surface area (Å²) in [5.74, 6) is 0.